The van der Waals surface area contributed by atoms with Crippen molar-refractivity contribution in [3.8, 4) is 0 Å². The lowest BCUT2D eigenvalue weighted by Gasteiger charge is -2.03. The summed E-state index contributed by atoms with van der Waals surface area (Å²) in [6.45, 7) is 0.128. The van der Waals surface area contributed by atoms with Gasteiger partial charge in [-0.15, -0.1) is 11.3 Å². The number of carbonyl (C=O) groups is 2. The summed E-state index contributed by atoms with van der Waals surface area (Å²) in [5.74, 6) is -1.15. The van der Waals surface area contributed by atoms with Gasteiger partial charge < -0.3 is 15.7 Å². The predicted octanol–water partition coefficient (Wildman–Crippen LogP) is 0.532. The van der Waals surface area contributed by atoms with E-state index in [0.717, 1.165) is 12.8 Å². The van der Waals surface area contributed by atoms with Crippen LogP contribution in [0.1, 0.15) is 23.3 Å². The Bertz CT molecular complexity index is 414. The quantitative estimate of drug-likeness (QED) is 0.699. The smallest absolute Gasteiger partial charge is 0.355 e. The number of amides is 1. The van der Waals surface area contributed by atoms with E-state index in [2.05, 4.69) is 15.6 Å². The molecule has 7 heteroatoms. The number of nitrogens with one attached hydrogen (secondary N) is 2. The van der Waals surface area contributed by atoms with Crippen molar-refractivity contribution < 1.29 is 14.7 Å². The first-order valence-corrected chi connectivity index (χ1v) is 5.75. The van der Waals surface area contributed by atoms with Crippen LogP contribution >= 0.6 is 11.3 Å². The van der Waals surface area contributed by atoms with Crippen LogP contribution in [0, 0.1) is 0 Å². The van der Waals surface area contributed by atoms with Crippen LogP contribution in [0.15, 0.2) is 5.38 Å². The molecule has 86 valence electrons. The number of rotatable bonds is 5. The van der Waals surface area contributed by atoms with Gasteiger partial charge in [-0.05, 0) is 12.8 Å². The number of carbonyl (C=O) groups excluding carboxylic acids is 1. The van der Waals surface area contributed by atoms with E-state index in [9.17, 15) is 9.59 Å². The van der Waals surface area contributed by atoms with Gasteiger partial charge in [0.1, 0.15) is 0 Å². The minimum absolute atomic E-state index is 0.00454. The number of hydrogen-bond donors (Lipinski definition) is 3. The van der Waals surface area contributed by atoms with Gasteiger partial charge in [0.2, 0.25) is 5.91 Å². The molecule has 0 aromatic carbocycles. The van der Waals surface area contributed by atoms with E-state index in [4.69, 9.17) is 5.11 Å². The van der Waals surface area contributed by atoms with Crippen molar-refractivity contribution >= 4 is 28.3 Å². The average molecular weight is 241 g/mol. The summed E-state index contributed by atoms with van der Waals surface area (Å²) >= 11 is 1.17. The van der Waals surface area contributed by atoms with E-state index in [-0.39, 0.29) is 18.1 Å². The molecule has 0 saturated heterocycles. The highest BCUT2D eigenvalue weighted by Crippen LogP contribution is 2.18. The van der Waals surface area contributed by atoms with Crippen molar-refractivity contribution in [2.45, 2.75) is 18.9 Å². The number of hydrogen-bond acceptors (Lipinski definition) is 5. The molecule has 6 nitrogen and oxygen atoms in total. The Morgan fingerprint density at radius 3 is 2.88 bits per heavy atom. The SMILES string of the molecule is O=C(CNc1nc(C(=O)O)cs1)NC1CC1. The lowest BCUT2D eigenvalue weighted by molar-refractivity contribution is -0.119. The highest BCUT2D eigenvalue weighted by molar-refractivity contribution is 7.13. The lowest BCUT2D eigenvalue weighted by atomic mass is 10.5. The Balaban J connectivity index is 1.79. The molecule has 16 heavy (non-hydrogen) atoms. The fourth-order valence-corrected chi connectivity index (χ4v) is 1.80. The molecule has 0 radical (unpaired) electrons. The van der Waals surface area contributed by atoms with E-state index in [1.807, 2.05) is 0 Å². The highest BCUT2D eigenvalue weighted by Gasteiger charge is 2.22. The number of thiazole rings is 1. The monoisotopic (exact) mass is 241 g/mol. The number of anilines is 1. The Morgan fingerprint density at radius 1 is 1.56 bits per heavy atom. The first-order chi connectivity index (χ1) is 7.65. The topological polar surface area (TPSA) is 91.3 Å². The molecule has 1 saturated carbocycles. The second-order valence-corrected chi connectivity index (χ2v) is 4.40. The van der Waals surface area contributed by atoms with Crippen molar-refractivity contribution in [1.82, 2.24) is 10.3 Å². The summed E-state index contributed by atoms with van der Waals surface area (Å²) in [4.78, 5) is 25.6. The summed E-state index contributed by atoms with van der Waals surface area (Å²) in [6, 6.07) is 0.333. The minimum atomic E-state index is -1.06. The molecule has 0 unspecified atom stereocenters. The minimum Gasteiger partial charge on any atom is -0.476 e. The van der Waals surface area contributed by atoms with Crippen LogP contribution in [0.5, 0.6) is 0 Å². The number of nitrogens with zero attached hydrogens (tertiary/aromatic N) is 1. The van der Waals surface area contributed by atoms with Gasteiger partial charge in [0.05, 0.1) is 6.54 Å². The molecular weight excluding hydrogens is 230 g/mol. The molecule has 0 spiro atoms. The van der Waals surface area contributed by atoms with Gasteiger partial charge >= 0.3 is 5.97 Å². The fourth-order valence-electron chi connectivity index (χ4n) is 1.12. The third-order valence-electron chi connectivity index (χ3n) is 2.07. The molecule has 1 amide bonds. The van der Waals surface area contributed by atoms with Crippen LogP contribution in [0.4, 0.5) is 5.13 Å². The van der Waals surface area contributed by atoms with Gasteiger partial charge in [0.15, 0.2) is 10.8 Å². The molecule has 1 aliphatic rings. The summed E-state index contributed by atoms with van der Waals surface area (Å²) in [5.41, 5.74) is -0.00454. The molecule has 2 rings (SSSR count). The molecule has 1 aliphatic carbocycles. The second kappa shape index (κ2) is 4.48. The summed E-state index contributed by atoms with van der Waals surface area (Å²) < 4.78 is 0. The van der Waals surface area contributed by atoms with E-state index in [1.165, 1.54) is 16.7 Å². The largest absolute Gasteiger partial charge is 0.476 e. The third kappa shape index (κ3) is 2.93. The standard InChI is InChI=1S/C9H11N3O3S/c13-7(11-5-1-2-5)3-10-9-12-6(4-16-9)8(14)15/h4-5H,1-3H2,(H,10,12)(H,11,13)(H,14,15). The van der Waals surface area contributed by atoms with Crippen molar-refractivity contribution in [1.29, 1.82) is 0 Å². The Hall–Kier alpha value is -1.63. The van der Waals surface area contributed by atoms with E-state index in [1.54, 1.807) is 0 Å². The van der Waals surface area contributed by atoms with Gasteiger partial charge in [-0.1, -0.05) is 0 Å². The molecule has 1 aromatic heterocycles. The zero-order chi connectivity index (χ0) is 11.5. The Labute approximate surface area is 95.7 Å². The van der Waals surface area contributed by atoms with Crippen LogP contribution < -0.4 is 10.6 Å². The zero-order valence-corrected chi connectivity index (χ0v) is 9.21. The predicted molar refractivity (Wildman–Crippen MR) is 58.7 cm³/mol. The maximum absolute atomic E-state index is 11.3. The van der Waals surface area contributed by atoms with Crippen LogP contribution in [-0.2, 0) is 4.79 Å². The number of aromatic nitrogens is 1. The molecule has 0 atom stereocenters. The number of carboxylic acids is 1. The van der Waals surface area contributed by atoms with E-state index < -0.39 is 5.97 Å². The van der Waals surface area contributed by atoms with Gasteiger partial charge in [0, 0.05) is 11.4 Å². The molecule has 0 aliphatic heterocycles. The fraction of sp³-hybridized carbons (Fsp3) is 0.444. The highest BCUT2D eigenvalue weighted by atomic mass is 32.1. The van der Waals surface area contributed by atoms with Gasteiger partial charge in [-0.2, -0.15) is 0 Å². The first-order valence-electron chi connectivity index (χ1n) is 4.87. The van der Waals surface area contributed by atoms with Crippen molar-refractivity contribution in [2.75, 3.05) is 11.9 Å². The molecule has 3 N–H and O–H groups in total. The Morgan fingerprint density at radius 2 is 2.31 bits per heavy atom. The molecule has 1 heterocycles. The molecule has 1 fully saturated rings. The molecule has 0 bridgehead atoms. The third-order valence-corrected chi connectivity index (χ3v) is 2.87. The summed E-state index contributed by atoms with van der Waals surface area (Å²) in [5, 5.41) is 16.1. The second-order valence-electron chi connectivity index (χ2n) is 3.54. The van der Waals surface area contributed by atoms with E-state index >= 15 is 0 Å². The van der Waals surface area contributed by atoms with Crippen molar-refractivity contribution in [3.05, 3.63) is 11.1 Å². The van der Waals surface area contributed by atoms with Crippen LogP contribution in [-0.4, -0.2) is 34.6 Å². The normalized spacial score (nSPS) is 14.5. The van der Waals surface area contributed by atoms with Crippen LogP contribution in [0.3, 0.4) is 0 Å². The van der Waals surface area contributed by atoms with Crippen molar-refractivity contribution in [3.63, 3.8) is 0 Å². The van der Waals surface area contributed by atoms with Gasteiger partial charge in [-0.25, -0.2) is 9.78 Å². The summed E-state index contributed by atoms with van der Waals surface area (Å²) in [7, 11) is 0. The van der Waals surface area contributed by atoms with Crippen LogP contribution in [0.2, 0.25) is 0 Å². The van der Waals surface area contributed by atoms with E-state index in [0.29, 0.717) is 11.2 Å². The van der Waals surface area contributed by atoms with Gasteiger partial charge in [-0.3, -0.25) is 4.79 Å². The average Bonchev–Trinajstić information content (AvgIpc) is 2.91. The summed E-state index contributed by atoms with van der Waals surface area (Å²) in [6.07, 6.45) is 2.10. The maximum atomic E-state index is 11.3. The zero-order valence-electron chi connectivity index (χ0n) is 8.40. The van der Waals surface area contributed by atoms with Crippen LogP contribution in [0.25, 0.3) is 0 Å². The Kier molecular flexibility index (Phi) is 3.04. The molecular formula is C9H11N3O3S. The van der Waals surface area contributed by atoms with Crippen molar-refractivity contribution in [2.24, 2.45) is 0 Å². The molecule has 1 aromatic rings. The van der Waals surface area contributed by atoms with Gasteiger partial charge in [0.25, 0.3) is 0 Å². The maximum Gasteiger partial charge on any atom is 0.355 e. The first kappa shape index (κ1) is 10.9. The lowest BCUT2D eigenvalue weighted by Crippen LogP contribution is -2.31. The number of carboxylic acid groups (broad SMARTS) is 1. The number of aromatic carboxylic acids is 1.